The maximum absolute atomic E-state index is 12.7. The van der Waals surface area contributed by atoms with Gasteiger partial charge in [0.2, 0.25) is 5.91 Å². The van der Waals surface area contributed by atoms with Gasteiger partial charge in [0.1, 0.15) is 0 Å². The van der Waals surface area contributed by atoms with E-state index in [2.05, 4.69) is 28.1 Å². The van der Waals surface area contributed by atoms with Crippen LogP contribution < -0.4 is 0 Å². The molecule has 1 saturated heterocycles. The highest BCUT2D eigenvalue weighted by Gasteiger charge is 2.25. The summed E-state index contributed by atoms with van der Waals surface area (Å²) < 4.78 is 0.843. The number of rotatable bonds is 5. The van der Waals surface area contributed by atoms with E-state index in [9.17, 15) is 9.59 Å². The first kappa shape index (κ1) is 19.9. The third-order valence-corrected chi connectivity index (χ3v) is 5.59. The van der Waals surface area contributed by atoms with Crippen LogP contribution in [0, 0.1) is 0 Å². The van der Waals surface area contributed by atoms with E-state index in [4.69, 9.17) is 11.6 Å². The summed E-state index contributed by atoms with van der Waals surface area (Å²) in [4.78, 5) is 28.7. The van der Waals surface area contributed by atoms with Crippen LogP contribution in [0.4, 0.5) is 0 Å². The molecule has 1 fully saturated rings. The highest BCUT2D eigenvalue weighted by atomic mass is 79.9. The summed E-state index contributed by atoms with van der Waals surface area (Å²) in [5.41, 5.74) is 1.76. The summed E-state index contributed by atoms with van der Waals surface area (Å²) in [6.45, 7) is 2.22. The molecule has 1 aliphatic heterocycles. The molecule has 1 aliphatic rings. The number of hydrogen-bond donors (Lipinski definition) is 0. The largest absolute Gasteiger partial charge is 0.339 e. The molecule has 0 saturated carbocycles. The first-order valence-corrected chi connectivity index (χ1v) is 10.3. The maximum atomic E-state index is 12.7. The van der Waals surface area contributed by atoms with E-state index in [0.717, 1.165) is 17.3 Å². The van der Waals surface area contributed by atoms with Crippen molar-refractivity contribution in [3.8, 4) is 0 Å². The number of benzene rings is 2. The third kappa shape index (κ3) is 5.33. The van der Waals surface area contributed by atoms with Crippen molar-refractivity contribution in [3.63, 3.8) is 0 Å². The van der Waals surface area contributed by atoms with Crippen molar-refractivity contribution in [3.05, 3.63) is 69.2 Å². The molecule has 2 aromatic carbocycles. The fourth-order valence-electron chi connectivity index (χ4n) is 3.24. The zero-order valence-corrected chi connectivity index (χ0v) is 17.4. The van der Waals surface area contributed by atoms with Gasteiger partial charge in [0, 0.05) is 37.1 Å². The average Bonchev–Trinajstić information content (AvgIpc) is 2.68. The van der Waals surface area contributed by atoms with Gasteiger partial charge in [-0.25, -0.2) is 0 Å². The highest BCUT2D eigenvalue weighted by molar-refractivity contribution is 9.10. The quantitative estimate of drug-likeness (QED) is 0.678. The minimum Gasteiger partial charge on any atom is -0.339 e. The normalized spacial score (nSPS) is 14.3. The number of carbonyl (C=O) groups is 2. The van der Waals surface area contributed by atoms with Crippen LogP contribution in [0.25, 0.3) is 0 Å². The molecule has 142 valence electrons. The van der Waals surface area contributed by atoms with Gasteiger partial charge in [-0.05, 0) is 36.6 Å². The van der Waals surface area contributed by atoms with Gasteiger partial charge in [0.25, 0.3) is 5.91 Å². The number of hydrogen-bond acceptors (Lipinski definition) is 2. The topological polar surface area (TPSA) is 40.6 Å². The van der Waals surface area contributed by atoms with Crippen LogP contribution in [0.3, 0.4) is 0 Å². The first-order chi connectivity index (χ1) is 13.0. The Labute approximate surface area is 173 Å². The predicted molar refractivity (Wildman–Crippen MR) is 111 cm³/mol. The molecule has 0 spiro atoms. The third-order valence-electron chi connectivity index (χ3n) is 4.78. The Hall–Kier alpha value is -1.85. The number of piperazine rings is 1. The predicted octanol–water partition coefficient (Wildman–Crippen LogP) is 4.41. The number of carbonyl (C=O) groups excluding carboxylic acids is 2. The lowest BCUT2D eigenvalue weighted by Crippen LogP contribution is -2.50. The molecule has 0 aliphatic carbocycles. The molecule has 2 aromatic rings. The number of halogens is 2. The Bertz CT molecular complexity index is 805. The summed E-state index contributed by atoms with van der Waals surface area (Å²) in [6, 6.07) is 15.5. The molecular formula is C21H22BrClN2O2. The van der Waals surface area contributed by atoms with Crippen LogP contribution in [0.1, 0.15) is 28.8 Å². The van der Waals surface area contributed by atoms with E-state index >= 15 is 0 Å². The number of nitrogens with zero attached hydrogens (tertiary/aromatic N) is 2. The Kier molecular flexibility index (Phi) is 6.91. The Morgan fingerprint density at radius 2 is 1.63 bits per heavy atom. The van der Waals surface area contributed by atoms with Crippen LogP contribution in [0.15, 0.2) is 53.0 Å². The van der Waals surface area contributed by atoms with Crippen molar-refractivity contribution in [1.29, 1.82) is 0 Å². The standard InChI is InChI=1S/C21H22BrClN2O2/c22-17-9-10-18(19(23)15-17)21(27)25-13-11-24(12-14-25)20(26)8-4-7-16-5-2-1-3-6-16/h1-3,5-6,9-10,15H,4,7-8,11-14H2. The van der Waals surface area contributed by atoms with Crippen molar-refractivity contribution in [2.75, 3.05) is 26.2 Å². The number of amides is 2. The second-order valence-corrected chi connectivity index (χ2v) is 7.96. The average molecular weight is 450 g/mol. The minimum atomic E-state index is -0.0799. The van der Waals surface area contributed by atoms with Crippen LogP contribution in [-0.2, 0) is 11.2 Å². The molecular weight excluding hydrogens is 428 g/mol. The Morgan fingerprint density at radius 1 is 0.963 bits per heavy atom. The minimum absolute atomic E-state index is 0.0799. The molecule has 1 heterocycles. The van der Waals surface area contributed by atoms with Crippen LogP contribution in [0.2, 0.25) is 5.02 Å². The molecule has 0 unspecified atom stereocenters. The molecule has 3 rings (SSSR count). The summed E-state index contributed by atoms with van der Waals surface area (Å²) in [6.07, 6.45) is 2.30. The summed E-state index contributed by atoms with van der Waals surface area (Å²) in [7, 11) is 0. The lowest BCUT2D eigenvalue weighted by molar-refractivity contribution is -0.132. The highest BCUT2D eigenvalue weighted by Crippen LogP contribution is 2.23. The Balaban J connectivity index is 1.46. The lowest BCUT2D eigenvalue weighted by atomic mass is 10.1. The van der Waals surface area contributed by atoms with Crippen LogP contribution in [-0.4, -0.2) is 47.8 Å². The van der Waals surface area contributed by atoms with Crippen molar-refractivity contribution in [1.82, 2.24) is 9.80 Å². The van der Waals surface area contributed by atoms with E-state index < -0.39 is 0 Å². The van der Waals surface area contributed by atoms with Gasteiger partial charge in [-0.3, -0.25) is 9.59 Å². The number of aryl methyl sites for hydroxylation is 1. The fraction of sp³-hybridized carbons (Fsp3) is 0.333. The van der Waals surface area contributed by atoms with Gasteiger partial charge in [0.15, 0.2) is 0 Å². The zero-order chi connectivity index (χ0) is 19.2. The fourth-order valence-corrected chi connectivity index (χ4v) is 3.99. The lowest BCUT2D eigenvalue weighted by Gasteiger charge is -2.35. The van der Waals surface area contributed by atoms with Gasteiger partial charge in [-0.15, -0.1) is 0 Å². The summed E-state index contributed by atoms with van der Waals surface area (Å²) in [5, 5.41) is 0.439. The monoisotopic (exact) mass is 448 g/mol. The summed E-state index contributed by atoms with van der Waals surface area (Å²) in [5.74, 6) is 0.0865. The van der Waals surface area contributed by atoms with E-state index in [-0.39, 0.29) is 11.8 Å². The van der Waals surface area contributed by atoms with Crippen molar-refractivity contribution >= 4 is 39.3 Å². The molecule has 27 heavy (non-hydrogen) atoms. The smallest absolute Gasteiger partial charge is 0.255 e. The Morgan fingerprint density at radius 3 is 2.30 bits per heavy atom. The van der Waals surface area contributed by atoms with Gasteiger partial charge < -0.3 is 9.80 Å². The van der Waals surface area contributed by atoms with Crippen LogP contribution >= 0.6 is 27.5 Å². The first-order valence-electron chi connectivity index (χ1n) is 9.10. The van der Waals surface area contributed by atoms with E-state index in [1.54, 1.807) is 17.0 Å². The SMILES string of the molecule is O=C(CCCc1ccccc1)N1CCN(C(=O)c2ccc(Br)cc2Cl)CC1. The van der Waals surface area contributed by atoms with Gasteiger partial charge >= 0.3 is 0 Å². The molecule has 6 heteroatoms. The van der Waals surface area contributed by atoms with Crippen LogP contribution in [0.5, 0.6) is 0 Å². The summed E-state index contributed by atoms with van der Waals surface area (Å²) >= 11 is 9.54. The second-order valence-electron chi connectivity index (χ2n) is 6.64. The molecule has 0 atom stereocenters. The molecule has 0 aromatic heterocycles. The second kappa shape index (κ2) is 9.38. The molecule has 0 N–H and O–H groups in total. The van der Waals surface area contributed by atoms with Crippen molar-refractivity contribution in [2.24, 2.45) is 0 Å². The van der Waals surface area contributed by atoms with Gasteiger partial charge in [-0.2, -0.15) is 0 Å². The molecule has 2 amide bonds. The van der Waals surface area contributed by atoms with Crippen molar-refractivity contribution in [2.45, 2.75) is 19.3 Å². The van der Waals surface area contributed by atoms with E-state index in [1.807, 2.05) is 29.2 Å². The van der Waals surface area contributed by atoms with Gasteiger partial charge in [0.05, 0.1) is 10.6 Å². The van der Waals surface area contributed by atoms with Gasteiger partial charge in [-0.1, -0.05) is 57.9 Å². The van der Waals surface area contributed by atoms with E-state index in [0.29, 0.717) is 43.2 Å². The molecule has 0 bridgehead atoms. The maximum Gasteiger partial charge on any atom is 0.255 e. The van der Waals surface area contributed by atoms with Crippen molar-refractivity contribution < 1.29 is 9.59 Å². The van der Waals surface area contributed by atoms with E-state index in [1.165, 1.54) is 5.56 Å². The zero-order valence-electron chi connectivity index (χ0n) is 15.0. The molecule has 0 radical (unpaired) electrons. The molecule has 4 nitrogen and oxygen atoms in total.